The summed E-state index contributed by atoms with van der Waals surface area (Å²) in [6.45, 7) is 6.44. The van der Waals surface area contributed by atoms with E-state index < -0.39 is 15.6 Å². The quantitative estimate of drug-likeness (QED) is 0.806. The Morgan fingerprint density at radius 1 is 1.21 bits per heavy atom. The predicted octanol–water partition coefficient (Wildman–Crippen LogP) is 2.06. The van der Waals surface area contributed by atoms with Crippen molar-refractivity contribution in [1.29, 1.82) is 0 Å². The highest BCUT2D eigenvalue weighted by Gasteiger charge is 2.23. The first kappa shape index (κ1) is 16.1. The van der Waals surface area contributed by atoms with E-state index in [4.69, 9.17) is 0 Å². The topological polar surface area (TPSA) is 58.2 Å². The lowest BCUT2D eigenvalue weighted by Gasteiger charge is -2.28. The molecule has 108 valence electrons. The second-order valence-corrected chi connectivity index (χ2v) is 7.26. The van der Waals surface area contributed by atoms with Gasteiger partial charge in [-0.3, -0.25) is 0 Å². The molecule has 1 aromatic carbocycles. The van der Waals surface area contributed by atoms with Crippen LogP contribution in [0.5, 0.6) is 0 Å². The van der Waals surface area contributed by atoms with E-state index in [-0.39, 0.29) is 6.04 Å². The average Bonchev–Trinajstić information content (AvgIpc) is 2.28. The third-order valence-corrected chi connectivity index (χ3v) is 3.79. The van der Waals surface area contributed by atoms with Crippen molar-refractivity contribution in [2.24, 2.45) is 0 Å². The van der Waals surface area contributed by atoms with Gasteiger partial charge in [0.15, 0.2) is 0 Å². The van der Waals surface area contributed by atoms with Crippen molar-refractivity contribution in [3.63, 3.8) is 0 Å². The Hall–Kier alpha value is -0.910. The number of sulfonamides is 1. The Balaban J connectivity index is 2.64. The van der Waals surface area contributed by atoms with Gasteiger partial charge in [-0.1, -0.05) is 37.3 Å². The van der Waals surface area contributed by atoms with Crippen molar-refractivity contribution < 1.29 is 8.42 Å². The molecule has 1 rings (SSSR count). The van der Waals surface area contributed by atoms with Crippen LogP contribution >= 0.6 is 0 Å². The second-order valence-electron chi connectivity index (χ2n) is 5.51. The molecule has 0 saturated carbocycles. The Morgan fingerprint density at radius 3 is 2.26 bits per heavy atom. The molecule has 0 bridgehead atoms. The summed E-state index contributed by atoms with van der Waals surface area (Å²) in [6.07, 6.45) is 2.14. The molecule has 0 aliphatic carbocycles. The van der Waals surface area contributed by atoms with Crippen LogP contribution < -0.4 is 10.0 Å². The monoisotopic (exact) mass is 284 g/mol. The molecule has 19 heavy (non-hydrogen) atoms. The van der Waals surface area contributed by atoms with Crippen LogP contribution in [0.25, 0.3) is 0 Å². The molecule has 0 aliphatic heterocycles. The van der Waals surface area contributed by atoms with Crippen LogP contribution in [-0.2, 0) is 10.0 Å². The average molecular weight is 284 g/mol. The normalized spacial score (nSPS) is 14.3. The summed E-state index contributed by atoms with van der Waals surface area (Å²) < 4.78 is 25.2. The maximum atomic E-state index is 11.3. The Labute approximate surface area is 116 Å². The number of hydrogen-bond acceptors (Lipinski definition) is 3. The van der Waals surface area contributed by atoms with Crippen LogP contribution in [0.3, 0.4) is 0 Å². The lowest BCUT2D eigenvalue weighted by atomic mass is 10.0. The highest BCUT2D eigenvalue weighted by molar-refractivity contribution is 7.88. The van der Waals surface area contributed by atoms with Crippen LogP contribution in [0.1, 0.15) is 38.8 Å². The SMILES string of the molecule is CCC(NCC(C)(C)NS(C)(=O)=O)c1ccccc1. The molecule has 1 aromatic rings. The van der Waals surface area contributed by atoms with Crippen LogP contribution in [-0.4, -0.2) is 26.8 Å². The molecule has 0 amide bonds. The molecule has 1 atom stereocenters. The summed E-state index contributed by atoms with van der Waals surface area (Å²) in [4.78, 5) is 0. The Morgan fingerprint density at radius 2 is 1.79 bits per heavy atom. The molecule has 4 nitrogen and oxygen atoms in total. The largest absolute Gasteiger partial charge is 0.308 e. The van der Waals surface area contributed by atoms with Gasteiger partial charge in [0.05, 0.1) is 6.26 Å². The van der Waals surface area contributed by atoms with Gasteiger partial charge in [-0.15, -0.1) is 0 Å². The first-order valence-corrected chi connectivity index (χ1v) is 8.40. The van der Waals surface area contributed by atoms with Gasteiger partial charge in [0.2, 0.25) is 10.0 Å². The maximum Gasteiger partial charge on any atom is 0.209 e. The molecule has 0 radical (unpaired) electrons. The van der Waals surface area contributed by atoms with Crippen molar-refractivity contribution >= 4 is 10.0 Å². The van der Waals surface area contributed by atoms with Crippen LogP contribution in [0.15, 0.2) is 30.3 Å². The Bertz CT molecular complexity index is 483. The second kappa shape index (κ2) is 6.50. The van der Waals surface area contributed by atoms with Gasteiger partial charge in [0, 0.05) is 18.1 Å². The van der Waals surface area contributed by atoms with E-state index in [1.165, 1.54) is 11.8 Å². The summed E-state index contributed by atoms with van der Waals surface area (Å²) in [5, 5.41) is 3.42. The molecule has 5 heteroatoms. The molecule has 0 aliphatic rings. The zero-order chi connectivity index (χ0) is 14.5. The van der Waals surface area contributed by atoms with E-state index in [1.54, 1.807) is 0 Å². The fourth-order valence-corrected chi connectivity index (χ4v) is 3.18. The predicted molar refractivity (Wildman–Crippen MR) is 79.5 cm³/mol. The molecule has 0 spiro atoms. The minimum Gasteiger partial charge on any atom is -0.308 e. The molecule has 2 N–H and O–H groups in total. The van der Waals surface area contributed by atoms with Gasteiger partial charge in [0.25, 0.3) is 0 Å². The molecule has 0 aromatic heterocycles. The lowest BCUT2D eigenvalue weighted by molar-refractivity contribution is 0.386. The molecule has 0 heterocycles. The fraction of sp³-hybridized carbons (Fsp3) is 0.571. The number of benzene rings is 1. The lowest BCUT2D eigenvalue weighted by Crippen LogP contribution is -2.50. The summed E-state index contributed by atoms with van der Waals surface area (Å²) in [5.41, 5.74) is 0.718. The molecule has 0 fully saturated rings. The summed E-state index contributed by atoms with van der Waals surface area (Å²) in [6, 6.07) is 10.4. The van der Waals surface area contributed by atoms with Gasteiger partial charge in [-0.05, 0) is 25.8 Å². The van der Waals surface area contributed by atoms with Gasteiger partial charge in [-0.25, -0.2) is 13.1 Å². The molecule has 1 unspecified atom stereocenters. The van der Waals surface area contributed by atoms with E-state index in [9.17, 15) is 8.42 Å². The number of nitrogens with one attached hydrogen (secondary N) is 2. The third-order valence-electron chi connectivity index (χ3n) is 2.86. The van der Waals surface area contributed by atoms with Crippen LogP contribution in [0.2, 0.25) is 0 Å². The van der Waals surface area contributed by atoms with Crippen LogP contribution in [0.4, 0.5) is 0 Å². The van der Waals surface area contributed by atoms with Crippen molar-refractivity contribution in [3.8, 4) is 0 Å². The Kier molecular flexibility index (Phi) is 5.52. The molecular weight excluding hydrogens is 260 g/mol. The number of hydrogen-bond donors (Lipinski definition) is 2. The third kappa shape index (κ3) is 6.18. The van der Waals surface area contributed by atoms with Crippen molar-refractivity contribution in [1.82, 2.24) is 10.0 Å². The van der Waals surface area contributed by atoms with Gasteiger partial charge in [-0.2, -0.15) is 0 Å². The van der Waals surface area contributed by atoms with E-state index >= 15 is 0 Å². The first-order valence-electron chi connectivity index (χ1n) is 6.51. The first-order chi connectivity index (χ1) is 8.73. The number of rotatable bonds is 7. The zero-order valence-electron chi connectivity index (χ0n) is 12.1. The van der Waals surface area contributed by atoms with Crippen LogP contribution in [0, 0.1) is 0 Å². The highest BCUT2D eigenvalue weighted by atomic mass is 32.2. The fourth-order valence-electron chi connectivity index (χ4n) is 2.10. The maximum absolute atomic E-state index is 11.3. The van der Waals surface area contributed by atoms with E-state index in [0.717, 1.165) is 6.42 Å². The standard InChI is InChI=1S/C14H24N2O2S/c1-5-13(12-9-7-6-8-10-12)15-11-14(2,3)16-19(4,17)18/h6-10,13,15-16H,5,11H2,1-4H3. The summed E-state index contributed by atoms with van der Waals surface area (Å²) in [7, 11) is -3.19. The highest BCUT2D eigenvalue weighted by Crippen LogP contribution is 2.16. The van der Waals surface area contributed by atoms with Crippen molar-refractivity contribution in [2.45, 2.75) is 38.8 Å². The van der Waals surface area contributed by atoms with E-state index in [2.05, 4.69) is 29.1 Å². The van der Waals surface area contributed by atoms with E-state index in [1.807, 2.05) is 32.0 Å². The molecular formula is C14H24N2O2S. The minimum absolute atomic E-state index is 0.238. The van der Waals surface area contributed by atoms with Crippen molar-refractivity contribution in [2.75, 3.05) is 12.8 Å². The summed E-state index contributed by atoms with van der Waals surface area (Å²) in [5.74, 6) is 0. The zero-order valence-corrected chi connectivity index (χ0v) is 12.9. The van der Waals surface area contributed by atoms with Gasteiger partial charge in [0.1, 0.15) is 0 Å². The molecule has 0 saturated heterocycles. The van der Waals surface area contributed by atoms with E-state index in [0.29, 0.717) is 6.54 Å². The van der Waals surface area contributed by atoms with Gasteiger partial charge < -0.3 is 5.32 Å². The minimum atomic E-state index is -3.19. The smallest absolute Gasteiger partial charge is 0.209 e. The summed E-state index contributed by atoms with van der Waals surface area (Å²) >= 11 is 0. The van der Waals surface area contributed by atoms with Gasteiger partial charge >= 0.3 is 0 Å². The van der Waals surface area contributed by atoms with Crippen molar-refractivity contribution in [3.05, 3.63) is 35.9 Å².